The van der Waals surface area contributed by atoms with E-state index in [9.17, 15) is 0 Å². The van der Waals surface area contributed by atoms with Crippen LogP contribution < -0.4 is 28.4 Å². The number of nitrogens with one attached hydrogen (secondary N) is 2. The fourth-order valence-electron chi connectivity index (χ4n) is 13.3. The van der Waals surface area contributed by atoms with Gasteiger partial charge in [-0.3, -0.25) is 0 Å². The van der Waals surface area contributed by atoms with E-state index in [0.717, 1.165) is 164 Å². The summed E-state index contributed by atoms with van der Waals surface area (Å²) in [5, 5.41) is 12.9. The number of benzene rings is 9. The molecular formula is C78H80N8O6. The summed E-state index contributed by atoms with van der Waals surface area (Å²) in [6.45, 7) is 20.2. The van der Waals surface area contributed by atoms with Gasteiger partial charge in [0.25, 0.3) is 0 Å². The zero-order chi connectivity index (χ0) is 63.0. The van der Waals surface area contributed by atoms with Gasteiger partial charge in [0.1, 0.15) is 57.1 Å². The molecule has 3 aromatic heterocycles. The topological polar surface area (TPSA) is 164 Å². The number of aromatic nitrogens is 8. The molecule has 14 heteroatoms. The Hall–Kier alpha value is -9.56. The second-order valence-electron chi connectivity index (χ2n) is 24.4. The SMILES string of the molecule is CCCCOc1c2c(c(OCCCC)c3ccccc13)-c1nc-2nc2[nH]c(nc3nc(nc4[nH]c(n1)c1c(C)c5ccccc5c(OCCCC)c41)-c1c-3c(OCCCC)c3cc4ccccc4cc3c1OCCCC)c1c(OCCCC)c3ccccc3c(C)c21. The van der Waals surface area contributed by atoms with Crippen molar-refractivity contribution in [2.24, 2.45) is 0 Å². The van der Waals surface area contributed by atoms with Gasteiger partial charge < -0.3 is 38.4 Å². The van der Waals surface area contributed by atoms with Crippen LogP contribution in [0.3, 0.4) is 0 Å². The number of hydrogen-bond donors (Lipinski definition) is 2. The van der Waals surface area contributed by atoms with E-state index in [0.29, 0.717) is 142 Å². The molecule has 14 nitrogen and oxygen atoms in total. The molecule has 2 aliphatic heterocycles. The van der Waals surface area contributed by atoms with E-state index in [4.69, 9.17) is 58.3 Å². The van der Waals surface area contributed by atoms with Gasteiger partial charge in [0.2, 0.25) is 0 Å². The van der Waals surface area contributed by atoms with Crippen LogP contribution in [-0.2, 0) is 0 Å². The van der Waals surface area contributed by atoms with Crippen molar-refractivity contribution in [3.8, 4) is 80.0 Å². The Balaban J connectivity index is 1.24. The number of nitrogens with zero attached hydrogens (tertiary/aromatic N) is 6. The minimum atomic E-state index is 0.390. The van der Waals surface area contributed by atoms with E-state index in [1.54, 1.807) is 0 Å². The first-order valence-electron chi connectivity index (χ1n) is 33.6. The third kappa shape index (κ3) is 10.4. The lowest BCUT2D eigenvalue weighted by molar-refractivity contribution is 0.308. The lowest BCUT2D eigenvalue weighted by Gasteiger charge is -2.19. The highest BCUT2D eigenvalue weighted by atomic mass is 16.5. The van der Waals surface area contributed by atoms with Gasteiger partial charge in [-0.15, -0.1) is 0 Å². The Morgan fingerprint density at radius 1 is 0.283 bits per heavy atom. The maximum absolute atomic E-state index is 7.23. The predicted molar refractivity (Wildman–Crippen MR) is 375 cm³/mol. The molecule has 0 spiro atoms. The van der Waals surface area contributed by atoms with Crippen molar-refractivity contribution in [1.82, 2.24) is 39.9 Å². The van der Waals surface area contributed by atoms with Crippen molar-refractivity contribution in [3.05, 3.63) is 120 Å². The maximum Gasteiger partial charge on any atom is 0.168 e. The summed E-state index contributed by atoms with van der Waals surface area (Å²) >= 11 is 0. The van der Waals surface area contributed by atoms with Crippen molar-refractivity contribution in [2.75, 3.05) is 39.6 Å². The second-order valence-corrected chi connectivity index (χ2v) is 24.4. The van der Waals surface area contributed by atoms with Gasteiger partial charge in [0.15, 0.2) is 23.3 Å². The molecular weight excluding hydrogens is 1140 g/mol. The van der Waals surface area contributed by atoms with Crippen molar-refractivity contribution < 1.29 is 28.4 Å². The van der Waals surface area contributed by atoms with Crippen LogP contribution in [0.4, 0.5) is 0 Å². The molecule has 2 N–H and O–H groups in total. The second kappa shape index (κ2) is 26.0. The molecule has 92 heavy (non-hydrogen) atoms. The van der Waals surface area contributed by atoms with Crippen LogP contribution in [0, 0.1) is 13.8 Å². The van der Waals surface area contributed by atoms with Crippen molar-refractivity contribution in [1.29, 1.82) is 0 Å². The van der Waals surface area contributed by atoms with Gasteiger partial charge in [-0.1, -0.05) is 177 Å². The van der Waals surface area contributed by atoms with Crippen molar-refractivity contribution in [3.63, 3.8) is 0 Å². The van der Waals surface area contributed by atoms with Crippen LogP contribution in [0.2, 0.25) is 0 Å². The van der Waals surface area contributed by atoms with Crippen LogP contribution in [0.1, 0.15) is 130 Å². The normalized spacial score (nSPS) is 12.0. The number of ether oxygens (including phenoxy) is 6. The Bertz CT molecular complexity index is 4730. The summed E-state index contributed by atoms with van der Waals surface area (Å²) in [6, 6.07) is 38.2. The first kappa shape index (κ1) is 60.0. The van der Waals surface area contributed by atoms with E-state index in [2.05, 4.69) is 175 Å². The smallest absolute Gasteiger partial charge is 0.168 e. The molecule has 0 saturated heterocycles. The molecule has 0 atom stereocenters. The molecule has 0 saturated carbocycles. The van der Waals surface area contributed by atoms with Crippen molar-refractivity contribution >= 4 is 98.0 Å². The van der Waals surface area contributed by atoms with Crippen LogP contribution in [0.15, 0.2) is 109 Å². The maximum atomic E-state index is 7.23. The molecule has 2 aliphatic rings. The zero-order valence-electron chi connectivity index (χ0n) is 54.3. The third-order valence-electron chi connectivity index (χ3n) is 18.1. The Morgan fingerprint density at radius 3 is 0.837 bits per heavy atom. The Morgan fingerprint density at radius 2 is 0.533 bits per heavy atom. The minimum Gasteiger partial charge on any atom is -0.492 e. The van der Waals surface area contributed by atoms with E-state index >= 15 is 0 Å². The number of aromatic amines is 2. The van der Waals surface area contributed by atoms with Crippen molar-refractivity contribution in [2.45, 2.75) is 132 Å². The molecule has 0 radical (unpaired) electrons. The molecule has 9 aromatic carbocycles. The first-order valence-corrected chi connectivity index (χ1v) is 33.6. The third-order valence-corrected chi connectivity index (χ3v) is 18.1. The van der Waals surface area contributed by atoms with E-state index in [-0.39, 0.29) is 0 Å². The highest BCUT2D eigenvalue weighted by Gasteiger charge is 2.36. The van der Waals surface area contributed by atoms with Gasteiger partial charge in [0.05, 0.1) is 72.7 Å². The van der Waals surface area contributed by atoms with E-state index in [1.807, 2.05) is 0 Å². The Kier molecular flexibility index (Phi) is 16.9. The molecule has 8 bridgehead atoms. The molecule has 14 rings (SSSR count). The van der Waals surface area contributed by atoms with Gasteiger partial charge >= 0.3 is 0 Å². The molecule has 12 aromatic rings. The highest BCUT2D eigenvalue weighted by molar-refractivity contribution is 6.21. The summed E-state index contributed by atoms with van der Waals surface area (Å²) in [7, 11) is 0. The lowest BCUT2D eigenvalue weighted by Crippen LogP contribution is -2.04. The number of aryl methyl sites for hydroxylation is 2. The summed E-state index contributed by atoms with van der Waals surface area (Å²) in [4.78, 5) is 42.4. The minimum absolute atomic E-state index is 0.390. The summed E-state index contributed by atoms with van der Waals surface area (Å²) < 4.78 is 42.9. The molecule has 0 amide bonds. The lowest BCUT2D eigenvalue weighted by atomic mass is 9.95. The number of hydrogen-bond acceptors (Lipinski definition) is 12. The molecule has 0 unspecified atom stereocenters. The van der Waals surface area contributed by atoms with Crippen LogP contribution in [0.25, 0.3) is 144 Å². The fraction of sp³-hybridized carbons (Fsp3) is 0.333. The van der Waals surface area contributed by atoms with E-state index < -0.39 is 0 Å². The van der Waals surface area contributed by atoms with Gasteiger partial charge in [-0.05, 0) is 97.2 Å². The first-order chi connectivity index (χ1) is 45.3. The average molecular weight is 1230 g/mol. The largest absolute Gasteiger partial charge is 0.492 e. The van der Waals surface area contributed by atoms with Crippen LogP contribution in [-0.4, -0.2) is 79.5 Å². The summed E-state index contributed by atoms with van der Waals surface area (Å²) in [5.74, 6) is 5.63. The van der Waals surface area contributed by atoms with Gasteiger partial charge in [0, 0.05) is 43.1 Å². The summed E-state index contributed by atoms with van der Waals surface area (Å²) in [5.41, 5.74) is 6.80. The fourth-order valence-corrected chi connectivity index (χ4v) is 13.3. The molecule has 5 heterocycles. The number of unbranched alkanes of at least 4 members (excludes halogenated alkanes) is 6. The predicted octanol–water partition coefficient (Wildman–Crippen LogP) is 20.3. The Labute approximate surface area is 536 Å². The van der Waals surface area contributed by atoms with Crippen LogP contribution >= 0.6 is 0 Å². The molecule has 468 valence electrons. The van der Waals surface area contributed by atoms with Gasteiger partial charge in [-0.25, -0.2) is 29.9 Å². The van der Waals surface area contributed by atoms with Gasteiger partial charge in [-0.2, -0.15) is 0 Å². The molecule has 0 aliphatic carbocycles. The number of H-pyrrole nitrogens is 2. The highest BCUT2D eigenvalue weighted by Crippen LogP contribution is 2.56. The van der Waals surface area contributed by atoms with Crippen LogP contribution in [0.5, 0.6) is 34.5 Å². The van der Waals surface area contributed by atoms with E-state index in [1.165, 1.54) is 0 Å². The molecule has 0 fully saturated rings. The quantitative estimate of drug-likeness (QED) is 0.0435. The average Bonchev–Trinajstić information content (AvgIpc) is 1.53. The number of rotatable bonds is 24. The standard InChI is InChI=1S/C78H80N8O6/c1-9-15-37-87-65-51-33-25-23-31-49(51)45(7)57-59(65)73-79-71(57)81-75-61-62(68(90-40-18-12-4)54-36-28-27-35-53(54)67(61)89-39-17-11-3)76(85-75)82-72-58-46(8)50-32-24-26-34-52(50)66(88-38-16-10-2)60(58)74(80-72)84-78-64-63(77(83-73)86-78)69(91-41-19-13-5)55-43-47-29-21-22-30-48(47)44-56(55)70(64)92-42-20-14-6/h21-36,43-44H,9-20,37-42H2,1-8H3,(H2,79,80,81,82,83,84,85,86). The zero-order valence-corrected chi connectivity index (χ0v) is 54.3. The monoisotopic (exact) mass is 1220 g/mol. The number of fused-ring (bicyclic) bond motifs is 25. The summed E-state index contributed by atoms with van der Waals surface area (Å²) in [6.07, 6.45) is 10.7.